The molecule has 2 rings (SSSR count). The SMILES string of the molecule is CCOc1cccc(-c2ccc(CN)cc2)c1. The Balaban J connectivity index is 2.28. The van der Waals surface area contributed by atoms with E-state index in [1.54, 1.807) is 0 Å². The fourth-order valence-corrected chi connectivity index (χ4v) is 1.77. The van der Waals surface area contributed by atoms with Crippen LogP contribution < -0.4 is 10.5 Å². The van der Waals surface area contributed by atoms with Gasteiger partial charge in [-0.05, 0) is 35.7 Å². The monoisotopic (exact) mass is 227 g/mol. The second-order valence-corrected chi connectivity index (χ2v) is 3.86. The Morgan fingerprint density at radius 2 is 1.76 bits per heavy atom. The molecule has 0 aliphatic carbocycles. The van der Waals surface area contributed by atoms with E-state index in [1.165, 1.54) is 11.1 Å². The van der Waals surface area contributed by atoms with E-state index in [-0.39, 0.29) is 0 Å². The van der Waals surface area contributed by atoms with Gasteiger partial charge in [0.1, 0.15) is 5.75 Å². The summed E-state index contributed by atoms with van der Waals surface area (Å²) in [6.07, 6.45) is 0. The van der Waals surface area contributed by atoms with Gasteiger partial charge in [0.25, 0.3) is 0 Å². The summed E-state index contributed by atoms with van der Waals surface area (Å²) in [5.74, 6) is 0.910. The molecule has 2 N–H and O–H groups in total. The van der Waals surface area contributed by atoms with Crippen molar-refractivity contribution in [2.45, 2.75) is 13.5 Å². The highest BCUT2D eigenvalue weighted by atomic mass is 16.5. The number of nitrogens with two attached hydrogens (primary N) is 1. The van der Waals surface area contributed by atoms with E-state index in [0.29, 0.717) is 13.2 Å². The van der Waals surface area contributed by atoms with E-state index < -0.39 is 0 Å². The molecule has 0 heterocycles. The first kappa shape index (κ1) is 11.7. The largest absolute Gasteiger partial charge is 0.494 e. The van der Waals surface area contributed by atoms with Gasteiger partial charge in [-0.1, -0.05) is 36.4 Å². The molecule has 2 heteroatoms. The summed E-state index contributed by atoms with van der Waals surface area (Å²) < 4.78 is 5.49. The molecule has 0 fully saturated rings. The van der Waals surface area contributed by atoms with Crippen molar-refractivity contribution in [2.24, 2.45) is 5.73 Å². The second-order valence-electron chi connectivity index (χ2n) is 3.86. The van der Waals surface area contributed by atoms with Crippen LogP contribution in [-0.4, -0.2) is 6.61 Å². The first-order chi connectivity index (χ1) is 8.33. The number of benzene rings is 2. The third kappa shape index (κ3) is 2.86. The summed E-state index contributed by atoms with van der Waals surface area (Å²) in [6, 6.07) is 16.4. The van der Waals surface area contributed by atoms with Crippen LogP contribution in [0.1, 0.15) is 12.5 Å². The number of hydrogen-bond donors (Lipinski definition) is 1. The molecule has 0 saturated heterocycles. The second kappa shape index (κ2) is 5.51. The van der Waals surface area contributed by atoms with Crippen molar-refractivity contribution in [3.8, 4) is 16.9 Å². The highest BCUT2D eigenvalue weighted by Gasteiger charge is 1.99. The standard InChI is InChI=1S/C15H17NO/c1-2-17-15-5-3-4-14(10-15)13-8-6-12(11-16)7-9-13/h3-10H,2,11,16H2,1H3. The third-order valence-electron chi connectivity index (χ3n) is 2.67. The molecule has 0 unspecified atom stereocenters. The molecule has 2 aromatic rings. The fourth-order valence-electron chi connectivity index (χ4n) is 1.77. The van der Waals surface area contributed by atoms with Crippen molar-refractivity contribution in [1.82, 2.24) is 0 Å². The van der Waals surface area contributed by atoms with Crippen LogP contribution in [0.5, 0.6) is 5.75 Å². The molecule has 0 aliphatic rings. The van der Waals surface area contributed by atoms with Crippen molar-refractivity contribution < 1.29 is 4.74 Å². The van der Waals surface area contributed by atoms with Gasteiger partial charge in [0.2, 0.25) is 0 Å². The maximum Gasteiger partial charge on any atom is 0.119 e. The number of ether oxygens (including phenoxy) is 1. The molecule has 0 saturated carbocycles. The summed E-state index contributed by atoms with van der Waals surface area (Å²) in [5.41, 5.74) is 9.08. The minimum atomic E-state index is 0.583. The molecular formula is C15H17NO. The summed E-state index contributed by atoms with van der Waals surface area (Å²) in [6.45, 7) is 3.26. The van der Waals surface area contributed by atoms with E-state index in [2.05, 4.69) is 36.4 Å². The van der Waals surface area contributed by atoms with E-state index in [1.807, 2.05) is 19.1 Å². The zero-order valence-electron chi connectivity index (χ0n) is 10.0. The van der Waals surface area contributed by atoms with Crippen molar-refractivity contribution in [1.29, 1.82) is 0 Å². The fraction of sp³-hybridized carbons (Fsp3) is 0.200. The molecule has 0 radical (unpaired) electrons. The Morgan fingerprint density at radius 1 is 1.00 bits per heavy atom. The van der Waals surface area contributed by atoms with Crippen LogP contribution in [0.25, 0.3) is 11.1 Å². The van der Waals surface area contributed by atoms with Crippen molar-refractivity contribution in [3.63, 3.8) is 0 Å². The number of hydrogen-bond acceptors (Lipinski definition) is 2. The van der Waals surface area contributed by atoms with Crippen LogP contribution in [0.15, 0.2) is 48.5 Å². The van der Waals surface area contributed by atoms with Gasteiger partial charge in [0, 0.05) is 6.54 Å². The van der Waals surface area contributed by atoms with Crippen LogP contribution in [0.4, 0.5) is 0 Å². The van der Waals surface area contributed by atoms with E-state index in [0.717, 1.165) is 11.3 Å². The zero-order chi connectivity index (χ0) is 12.1. The minimum absolute atomic E-state index is 0.583. The molecule has 2 nitrogen and oxygen atoms in total. The Hall–Kier alpha value is -1.80. The highest BCUT2D eigenvalue weighted by Crippen LogP contribution is 2.24. The molecule has 0 aromatic heterocycles. The minimum Gasteiger partial charge on any atom is -0.494 e. The Bertz CT molecular complexity index is 477. The van der Waals surface area contributed by atoms with E-state index in [9.17, 15) is 0 Å². The van der Waals surface area contributed by atoms with E-state index in [4.69, 9.17) is 10.5 Å². The lowest BCUT2D eigenvalue weighted by molar-refractivity contribution is 0.340. The lowest BCUT2D eigenvalue weighted by atomic mass is 10.0. The van der Waals surface area contributed by atoms with Gasteiger partial charge >= 0.3 is 0 Å². The lowest BCUT2D eigenvalue weighted by Crippen LogP contribution is -1.95. The molecule has 0 bridgehead atoms. The van der Waals surface area contributed by atoms with Crippen LogP contribution in [0.2, 0.25) is 0 Å². The van der Waals surface area contributed by atoms with Gasteiger partial charge in [-0.3, -0.25) is 0 Å². The van der Waals surface area contributed by atoms with Gasteiger partial charge in [-0.2, -0.15) is 0 Å². The molecule has 17 heavy (non-hydrogen) atoms. The van der Waals surface area contributed by atoms with E-state index >= 15 is 0 Å². The lowest BCUT2D eigenvalue weighted by Gasteiger charge is -2.07. The molecular weight excluding hydrogens is 210 g/mol. The average molecular weight is 227 g/mol. The van der Waals surface area contributed by atoms with Gasteiger partial charge in [-0.15, -0.1) is 0 Å². The first-order valence-corrected chi connectivity index (χ1v) is 5.85. The third-order valence-corrected chi connectivity index (χ3v) is 2.67. The van der Waals surface area contributed by atoms with Crippen molar-refractivity contribution in [2.75, 3.05) is 6.61 Å². The van der Waals surface area contributed by atoms with Crippen LogP contribution in [-0.2, 0) is 6.54 Å². The smallest absolute Gasteiger partial charge is 0.119 e. The normalized spacial score (nSPS) is 10.2. The summed E-state index contributed by atoms with van der Waals surface area (Å²) >= 11 is 0. The zero-order valence-corrected chi connectivity index (χ0v) is 10.0. The van der Waals surface area contributed by atoms with Crippen LogP contribution in [0.3, 0.4) is 0 Å². The molecule has 0 amide bonds. The molecule has 0 aliphatic heterocycles. The maximum absolute atomic E-state index is 5.58. The summed E-state index contributed by atoms with van der Waals surface area (Å²) in [7, 11) is 0. The Morgan fingerprint density at radius 3 is 2.41 bits per heavy atom. The first-order valence-electron chi connectivity index (χ1n) is 5.85. The molecule has 0 spiro atoms. The predicted octanol–water partition coefficient (Wildman–Crippen LogP) is 3.21. The van der Waals surface area contributed by atoms with Crippen molar-refractivity contribution >= 4 is 0 Å². The molecule has 0 atom stereocenters. The van der Waals surface area contributed by atoms with Crippen LogP contribution >= 0.6 is 0 Å². The molecule has 88 valence electrons. The predicted molar refractivity (Wildman–Crippen MR) is 70.9 cm³/mol. The topological polar surface area (TPSA) is 35.2 Å². The van der Waals surface area contributed by atoms with Gasteiger partial charge in [0.15, 0.2) is 0 Å². The Labute approximate surface area is 102 Å². The summed E-state index contributed by atoms with van der Waals surface area (Å²) in [5, 5.41) is 0. The Kier molecular flexibility index (Phi) is 3.78. The molecule has 2 aromatic carbocycles. The van der Waals surface area contributed by atoms with Gasteiger partial charge in [0.05, 0.1) is 6.61 Å². The maximum atomic E-state index is 5.58. The van der Waals surface area contributed by atoms with Crippen LogP contribution in [0, 0.1) is 0 Å². The van der Waals surface area contributed by atoms with Gasteiger partial charge in [-0.25, -0.2) is 0 Å². The average Bonchev–Trinajstić information content (AvgIpc) is 2.40. The van der Waals surface area contributed by atoms with Gasteiger partial charge < -0.3 is 10.5 Å². The van der Waals surface area contributed by atoms with Crippen molar-refractivity contribution in [3.05, 3.63) is 54.1 Å². The quantitative estimate of drug-likeness (QED) is 0.870. The number of rotatable bonds is 4. The summed E-state index contributed by atoms with van der Waals surface area (Å²) in [4.78, 5) is 0. The highest BCUT2D eigenvalue weighted by molar-refractivity contribution is 5.65.